The summed E-state index contributed by atoms with van der Waals surface area (Å²) in [4.78, 5) is 12.1. The van der Waals surface area contributed by atoms with Crippen molar-refractivity contribution in [3.05, 3.63) is 59.7 Å². The summed E-state index contributed by atoms with van der Waals surface area (Å²) in [6.45, 7) is 4.76. The highest BCUT2D eigenvalue weighted by Crippen LogP contribution is 2.42. The van der Waals surface area contributed by atoms with Crippen molar-refractivity contribution in [3.8, 4) is 11.5 Å². The molecule has 0 saturated heterocycles. The SMILES string of the molecule is CCCCCCCCCCCCCCC(CCCOC(=O)CCCC)(c1ccc(O)cc1)c1ccc(O)cc1. The molecule has 0 aliphatic carbocycles. The molecule has 0 aliphatic rings. The fourth-order valence-electron chi connectivity index (χ4n) is 5.65. The maximum absolute atomic E-state index is 12.1. The van der Waals surface area contributed by atoms with Gasteiger partial charge in [-0.15, -0.1) is 0 Å². The first-order chi connectivity index (χ1) is 19.0. The molecule has 0 saturated carbocycles. The Balaban J connectivity index is 1.99. The van der Waals surface area contributed by atoms with E-state index < -0.39 is 0 Å². The van der Waals surface area contributed by atoms with E-state index in [1.165, 1.54) is 70.6 Å². The minimum absolute atomic E-state index is 0.113. The molecule has 0 aliphatic heterocycles. The molecular weight excluding hydrogens is 484 g/mol. The lowest BCUT2D eigenvalue weighted by Gasteiger charge is -2.36. The smallest absolute Gasteiger partial charge is 0.305 e. The van der Waals surface area contributed by atoms with E-state index in [1.807, 2.05) is 24.3 Å². The highest BCUT2D eigenvalue weighted by Gasteiger charge is 2.33. The van der Waals surface area contributed by atoms with E-state index in [0.717, 1.165) is 49.7 Å². The number of unbranched alkanes of at least 4 members (excludes halogenated alkanes) is 12. The van der Waals surface area contributed by atoms with Crippen LogP contribution in [-0.2, 0) is 14.9 Å². The Hall–Kier alpha value is -2.49. The Morgan fingerprint density at radius 1 is 0.590 bits per heavy atom. The number of rotatable bonds is 22. The van der Waals surface area contributed by atoms with Gasteiger partial charge in [0.1, 0.15) is 11.5 Å². The van der Waals surface area contributed by atoms with Crippen molar-refractivity contribution in [2.45, 2.75) is 135 Å². The predicted molar refractivity (Wildman–Crippen MR) is 162 cm³/mol. The summed E-state index contributed by atoms with van der Waals surface area (Å²) in [5, 5.41) is 19.9. The molecule has 0 atom stereocenters. The zero-order valence-electron chi connectivity index (χ0n) is 24.8. The van der Waals surface area contributed by atoms with Crippen LogP contribution in [0.5, 0.6) is 11.5 Å². The molecule has 0 spiro atoms. The molecule has 0 unspecified atom stereocenters. The molecule has 218 valence electrons. The Bertz CT molecular complexity index is 842. The van der Waals surface area contributed by atoms with Crippen LogP contribution in [0.3, 0.4) is 0 Å². The maximum atomic E-state index is 12.1. The molecule has 0 fully saturated rings. The molecule has 0 bridgehead atoms. The number of ether oxygens (including phenoxy) is 1. The third-order valence-electron chi connectivity index (χ3n) is 8.04. The van der Waals surface area contributed by atoms with Crippen molar-refractivity contribution >= 4 is 5.97 Å². The van der Waals surface area contributed by atoms with E-state index in [2.05, 4.69) is 13.8 Å². The highest BCUT2D eigenvalue weighted by atomic mass is 16.5. The molecule has 2 aromatic carbocycles. The van der Waals surface area contributed by atoms with Gasteiger partial charge < -0.3 is 14.9 Å². The summed E-state index contributed by atoms with van der Waals surface area (Å²) in [6, 6.07) is 15.1. The highest BCUT2D eigenvalue weighted by molar-refractivity contribution is 5.69. The van der Waals surface area contributed by atoms with E-state index >= 15 is 0 Å². The minimum atomic E-state index is -0.268. The molecule has 2 aromatic rings. The van der Waals surface area contributed by atoms with Crippen LogP contribution in [-0.4, -0.2) is 22.8 Å². The number of benzene rings is 2. The van der Waals surface area contributed by atoms with Gasteiger partial charge in [0.25, 0.3) is 0 Å². The van der Waals surface area contributed by atoms with Crippen molar-refractivity contribution in [1.29, 1.82) is 0 Å². The third kappa shape index (κ3) is 12.5. The van der Waals surface area contributed by atoms with E-state index in [0.29, 0.717) is 13.0 Å². The molecule has 39 heavy (non-hydrogen) atoms. The molecule has 4 heteroatoms. The lowest BCUT2D eigenvalue weighted by Crippen LogP contribution is -2.28. The number of phenols is 2. The Morgan fingerprint density at radius 2 is 1.00 bits per heavy atom. The molecule has 0 radical (unpaired) electrons. The Kier molecular flexibility index (Phi) is 16.4. The second-order valence-corrected chi connectivity index (χ2v) is 11.2. The van der Waals surface area contributed by atoms with Gasteiger partial charge in [-0.2, -0.15) is 0 Å². The van der Waals surface area contributed by atoms with E-state index in [9.17, 15) is 15.0 Å². The van der Waals surface area contributed by atoms with Gasteiger partial charge in [-0.3, -0.25) is 4.79 Å². The van der Waals surface area contributed by atoms with Crippen molar-refractivity contribution in [2.24, 2.45) is 0 Å². The lowest BCUT2D eigenvalue weighted by molar-refractivity contribution is -0.143. The minimum Gasteiger partial charge on any atom is -0.508 e. The monoisotopic (exact) mass is 538 g/mol. The number of phenolic OH excluding ortho intramolecular Hbond substituents is 2. The van der Waals surface area contributed by atoms with Gasteiger partial charge in [-0.05, 0) is 61.1 Å². The molecule has 2 N–H and O–H groups in total. The third-order valence-corrected chi connectivity index (χ3v) is 8.04. The summed E-state index contributed by atoms with van der Waals surface area (Å²) in [6.07, 6.45) is 20.7. The fraction of sp³-hybridized carbons (Fsp3) is 0.629. The van der Waals surface area contributed by atoms with E-state index in [-0.39, 0.29) is 22.9 Å². The topological polar surface area (TPSA) is 66.8 Å². The first kappa shape index (κ1) is 32.7. The van der Waals surface area contributed by atoms with Crippen LogP contribution in [0.4, 0.5) is 0 Å². The normalized spacial score (nSPS) is 11.5. The van der Waals surface area contributed by atoms with Crippen LogP contribution in [0, 0.1) is 0 Å². The molecule has 4 nitrogen and oxygen atoms in total. The van der Waals surface area contributed by atoms with Gasteiger partial charge in [0.2, 0.25) is 0 Å². The fourth-order valence-corrected chi connectivity index (χ4v) is 5.65. The first-order valence-corrected chi connectivity index (χ1v) is 15.8. The van der Waals surface area contributed by atoms with Crippen LogP contribution >= 0.6 is 0 Å². The lowest BCUT2D eigenvalue weighted by atomic mass is 9.68. The first-order valence-electron chi connectivity index (χ1n) is 15.8. The molecule has 2 rings (SSSR count). The second kappa shape index (κ2) is 19.6. The van der Waals surface area contributed by atoms with Gasteiger partial charge in [0.15, 0.2) is 0 Å². The summed E-state index contributed by atoms with van der Waals surface area (Å²) in [7, 11) is 0. The number of esters is 1. The van der Waals surface area contributed by atoms with Crippen LogP contribution in [0.1, 0.15) is 141 Å². The van der Waals surface area contributed by atoms with Crippen molar-refractivity contribution in [3.63, 3.8) is 0 Å². The van der Waals surface area contributed by atoms with Crippen LogP contribution < -0.4 is 0 Å². The van der Waals surface area contributed by atoms with Gasteiger partial charge in [-0.25, -0.2) is 0 Å². The summed E-state index contributed by atoms with van der Waals surface area (Å²) < 4.78 is 5.55. The molecule has 0 aromatic heterocycles. The van der Waals surface area contributed by atoms with Crippen molar-refractivity contribution < 1.29 is 19.7 Å². The van der Waals surface area contributed by atoms with Gasteiger partial charge in [-0.1, -0.05) is 122 Å². The van der Waals surface area contributed by atoms with E-state index in [4.69, 9.17) is 4.74 Å². The summed E-state index contributed by atoms with van der Waals surface area (Å²) in [5.74, 6) is 0.403. The Morgan fingerprint density at radius 3 is 1.46 bits per heavy atom. The summed E-state index contributed by atoms with van der Waals surface area (Å²) in [5.41, 5.74) is 2.05. The zero-order valence-corrected chi connectivity index (χ0v) is 24.8. The molecule has 0 amide bonds. The van der Waals surface area contributed by atoms with Gasteiger partial charge in [0.05, 0.1) is 6.61 Å². The Labute approximate surface area is 238 Å². The number of aromatic hydroxyl groups is 2. The zero-order chi connectivity index (χ0) is 28.2. The van der Waals surface area contributed by atoms with Crippen LogP contribution in [0.2, 0.25) is 0 Å². The quantitative estimate of drug-likeness (QED) is 0.116. The van der Waals surface area contributed by atoms with E-state index in [1.54, 1.807) is 24.3 Å². The second-order valence-electron chi connectivity index (χ2n) is 11.2. The number of hydrogen-bond donors (Lipinski definition) is 2. The molecular formula is C35H54O4. The summed E-state index contributed by atoms with van der Waals surface area (Å²) >= 11 is 0. The standard InChI is InChI=1S/C35H54O4/c1-3-5-7-8-9-10-11-12-13-14-15-16-27-35(30-19-23-32(36)24-20-30,31-21-25-33(37)26-22-31)28-17-29-39-34(38)18-6-4-2/h19-26,36-37H,3-18,27-29H2,1-2H3. The van der Waals surface area contributed by atoms with Gasteiger partial charge in [0, 0.05) is 11.8 Å². The van der Waals surface area contributed by atoms with Gasteiger partial charge >= 0.3 is 5.97 Å². The van der Waals surface area contributed by atoms with Crippen LogP contribution in [0.15, 0.2) is 48.5 Å². The number of hydrogen-bond acceptors (Lipinski definition) is 4. The molecule has 0 heterocycles. The van der Waals surface area contributed by atoms with Crippen molar-refractivity contribution in [1.82, 2.24) is 0 Å². The predicted octanol–water partition coefficient (Wildman–Crippen LogP) is 9.99. The van der Waals surface area contributed by atoms with Crippen molar-refractivity contribution in [2.75, 3.05) is 6.61 Å². The largest absolute Gasteiger partial charge is 0.508 e. The number of carbonyl (C=O) groups is 1. The average molecular weight is 539 g/mol. The number of carbonyl (C=O) groups excluding carboxylic acids is 1. The maximum Gasteiger partial charge on any atom is 0.305 e. The average Bonchev–Trinajstić information content (AvgIpc) is 2.94. The van der Waals surface area contributed by atoms with Crippen LogP contribution in [0.25, 0.3) is 0 Å².